The van der Waals surface area contributed by atoms with E-state index >= 15 is 0 Å². The van der Waals surface area contributed by atoms with E-state index in [0.717, 1.165) is 0 Å². The molecule has 1 aliphatic heterocycles. The number of carbonyl (C=O) groups is 3. The molecule has 0 saturated carbocycles. The van der Waals surface area contributed by atoms with Crippen LogP contribution in [-0.2, 0) is 19.2 Å². The Hall–Kier alpha value is -1.96. The second-order valence-corrected chi connectivity index (χ2v) is 4.64. The fourth-order valence-corrected chi connectivity index (χ4v) is 2.15. The van der Waals surface area contributed by atoms with Crippen LogP contribution in [0, 0.1) is 0 Å². The van der Waals surface area contributed by atoms with Gasteiger partial charge in [-0.1, -0.05) is 0 Å². The maximum absolute atomic E-state index is 12.3. The molecular weight excluding hydrogens is 264 g/mol. The average molecular weight is 283 g/mol. The van der Waals surface area contributed by atoms with E-state index in [9.17, 15) is 19.2 Å². The van der Waals surface area contributed by atoms with E-state index in [1.807, 2.05) is 6.29 Å². The molecule has 1 radical (unpaired) electrons. The number of likely N-dealkylation sites (tertiary alicyclic amines) is 1. The second kappa shape index (κ2) is 7.59. The van der Waals surface area contributed by atoms with Crippen molar-refractivity contribution >= 4 is 24.0 Å². The normalized spacial score (nSPS) is 19.4. The first-order chi connectivity index (χ1) is 9.49. The highest BCUT2D eigenvalue weighted by atomic mass is 16.2. The van der Waals surface area contributed by atoms with Gasteiger partial charge < -0.3 is 21.7 Å². The fourth-order valence-electron chi connectivity index (χ4n) is 2.15. The smallest absolute Gasteiger partial charge is 0.245 e. The summed E-state index contributed by atoms with van der Waals surface area (Å²) in [6.07, 6.45) is 3.12. The van der Waals surface area contributed by atoms with Crippen molar-refractivity contribution in [2.24, 2.45) is 11.5 Å². The van der Waals surface area contributed by atoms with Gasteiger partial charge in [0.25, 0.3) is 0 Å². The summed E-state index contributed by atoms with van der Waals surface area (Å²) < 4.78 is 0. The molecule has 0 bridgehead atoms. The molecule has 111 valence electrons. The van der Waals surface area contributed by atoms with Crippen LogP contribution in [0.4, 0.5) is 0 Å². The quantitative estimate of drug-likeness (QED) is 0.487. The highest BCUT2D eigenvalue weighted by Gasteiger charge is 2.33. The molecule has 1 aliphatic rings. The van der Waals surface area contributed by atoms with Crippen molar-refractivity contribution in [3.05, 3.63) is 0 Å². The van der Waals surface area contributed by atoms with Gasteiger partial charge in [-0.25, -0.2) is 0 Å². The van der Waals surface area contributed by atoms with Crippen LogP contribution < -0.4 is 16.8 Å². The molecule has 8 heteroatoms. The third kappa shape index (κ3) is 4.30. The first-order valence-electron chi connectivity index (χ1n) is 6.45. The van der Waals surface area contributed by atoms with Crippen molar-refractivity contribution in [2.75, 3.05) is 13.1 Å². The second-order valence-electron chi connectivity index (χ2n) is 4.64. The molecular formula is C12H19N4O4. The van der Waals surface area contributed by atoms with Crippen LogP contribution in [0.3, 0.4) is 0 Å². The number of nitrogens with one attached hydrogen (secondary N) is 1. The van der Waals surface area contributed by atoms with Crippen LogP contribution in [0.25, 0.3) is 0 Å². The molecule has 0 aromatic rings. The number of rotatable bonds is 7. The Labute approximate surface area is 116 Å². The predicted octanol–water partition coefficient (Wildman–Crippen LogP) is -2.20. The minimum atomic E-state index is -0.896. The van der Waals surface area contributed by atoms with E-state index in [-0.39, 0.29) is 19.4 Å². The first kappa shape index (κ1) is 16.1. The lowest BCUT2D eigenvalue weighted by atomic mass is 10.1. The Morgan fingerprint density at radius 2 is 2.10 bits per heavy atom. The molecule has 0 spiro atoms. The van der Waals surface area contributed by atoms with Gasteiger partial charge in [0.15, 0.2) is 0 Å². The maximum Gasteiger partial charge on any atom is 0.245 e. The molecule has 5 N–H and O–H groups in total. The van der Waals surface area contributed by atoms with Gasteiger partial charge in [-0.15, -0.1) is 0 Å². The Bertz CT molecular complexity index is 399. The van der Waals surface area contributed by atoms with E-state index in [2.05, 4.69) is 5.32 Å². The number of carbonyl (C=O) groups excluding carboxylic acids is 4. The first-order valence-corrected chi connectivity index (χ1v) is 6.45. The molecule has 1 saturated heterocycles. The molecule has 2 atom stereocenters. The third-order valence-corrected chi connectivity index (χ3v) is 3.17. The standard InChI is InChI=1S/C12H19N4O4/c13-6-11(19)15-9(3-4-10(14)18)12(20)16-5-1-2-8(16)7-17/h8-9H,1-6,13H2,(H2,14,18)(H,15,19)/t8-,9-/m0/s1. The van der Waals surface area contributed by atoms with Gasteiger partial charge in [0.2, 0.25) is 24.0 Å². The van der Waals surface area contributed by atoms with Gasteiger partial charge in [0.05, 0.1) is 12.6 Å². The Morgan fingerprint density at radius 1 is 1.40 bits per heavy atom. The predicted molar refractivity (Wildman–Crippen MR) is 69.8 cm³/mol. The molecule has 1 heterocycles. The topological polar surface area (TPSA) is 136 Å². The lowest BCUT2D eigenvalue weighted by molar-refractivity contribution is -0.136. The number of nitrogens with two attached hydrogens (primary N) is 2. The summed E-state index contributed by atoms with van der Waals surface area (Å²) >= 11 is 0. The monoisotopic (exact) mass is 283 g/mol. The minimum Gasteiger partial charge on any atom is -0.370 e. The number of hydrogen-bond acceptors (Lipinski definition) is 5. The Balaban J connectivity index is 2.74. The van der Waals surface area contributed by atoms with E-state index in [4.69, 9.17) is 11.5 Å². The van der Waals surface area contributed by atoms with Gasteiger partial charge >= 0.3 is 0 Å². The van der Waals surface area contributed by atoms with E-state index in [1.165, 1.54) is 4.90 Å². The molecule has 8 nitrogen and oxygen atoms in total. The summed E-state index contributed by atoms with van der Waals surface area (Å²) in [5, 5.41) is 2.45. The SMILES string of the molecule is NCC(=O)N[C@@H](CCC(N)=O)C(=O)N1CCC[C@H]1[C]=O. The van der Waals surface area contributed by atoms with Crippen LogP contribution >= 0.6 is 0 Å². The average Bonchev–Trinajstić information content (AvgIpc) is 2.90. The maximum atomic E-state index is 12.3. The molecule has 0 aliphatic carbocycles. The van der Waals surface area contributed by atoms with Crippen LogP contribution in [0.5, 0.6) is 0 Å². The fraction of sp³-hybridized carbons (Fsp3) is 0.667. The van der Waals surface area contributed by atoms with Gasteiger partial charge in [-0.2, -0.15) is 0 Å². The summed E-state index contributed by atoms with van der Waals surface area (Å²) in [4.78, 5) is 46.6. The van der Waals surface area contributed by atoms with Crippen molar-refractivity contribution in [3.63, 3.8) is 0 Å². The van der Waals surface area contributed by atoms with Gasteiger partial charge in [-0.05, 0) is 19.3 Å². The molecule has 0 unspecified atom stereocenters. The summed E-state index contributed by atoms with van der Waals surface area (Å²) in [7, 11) is 0. The van der Waals surface area contributed by atoms with Crippen molar-refractivity contribution in [1.82, 2.24) is 10.2 Å². The van der Waals surface area contributed by atoms with Crippen molar-refractivity contribution in [1.29, 1.82) is 0 Å². The van der Waals surface area contributed by atoms with Crippen molar-refractivity contribution in [3.8, 4) is 0 Å². The zero-order chi connectivity index (χ0) is 15.1. The summed E-state index contributed by atoms with van der Waals surface area (Å²) in [5.74, 6) is -1.47. The number of primary amides is 1. The number of nitrogens with zero attached hydrogens (tertiary/aromatic N) is 1. The lowest BCUT2D eigenvalue weighted by Crippen LogP contribution is -2.51. The number of amides is 3. The largest absolute Gasteiger partial charge is 0.370 e. The van der Waals surface area contributed by atoms with Crippen LogP contribution in [-0.4, -0.2) is 54.1 Å². The van der Waals surface area contributed by atoms with Crippen LogP contribution in [0.15, 0.2) is 0 Å². The highest BCUT2D eigenvalue weighted by Crippen LogP contribution is 2.17. The molecule has 1 rings (SSSR count). The van der Waals surface area contributed by atoms with Crippen molar-refractivity contribution < 1.29 is 19.2 Å². The van der Waals surface area contributed by atoms with Gasteiger partial charge in [0.1, 0.15) is 6.04 Å². The molecule has 1 fully saturated rings. The Kier molecular flexibility index (Phi) is 6.10. The highest BCUT2D eigenvalue weighted by molar-refractivity contribution is 5.90. The van der Waals surface area contributed by atoms with E-state index in [1.54, 1.807) is 0 Å². The van der Waals surface area contributed by atoms with Crippen LogP contribution in [0.2, 0.25) is 0 Å². The molecule has 0 aromatic carbocycles. The lowest BCUT2D eigenvalue weighted by Gasteiger charge is -2.26. The van der Waals surface area contributed by atoms with E-state index < -0.39 is 29.8 Å². The minimum absolute atomic E-state index is 0.0371. The third-order valence-electron chi connectivity index (χ3n) is 3.17. The van der Waals surface area contributed by atoms with Gasteiger partial charge in [-0.3, -0.25) is 19.2 Å². The molecule has 20 heavy (non-hydrogen) atoms. The summed E-state index contributed by atoms with van der Waals surface area (Å²) in [5.41, 5.74) is 10.2. The van der Waals surface area contributed by atoms with E-state index in [0.29, 0.717) is 19.4 Å². The molecule has 0 aromatic heterocycles. The zero-order valence-electron chi connectivity index (χ0n) is 11.1. The zero-order valence-corrected chi connectivity index (χ0v) is 11.1. The Morgan fingerprint density at radius 3 is 2.65 bits per heavy atom. The number of hydrogen-bond donors (Lipinski definition) is 3. The van der Waals surface area contributed by atoms with Crippen LogP contribution in [0.1, 0.15) is 25.7 Å². The van der Waals surface area contributed by atoms with Gasteiger partial charge in [0, 0.05) is 13.0 Å². The van der Waals surface area contributed by atoms with Crippen molar-refractivity contribution in [2.45, 2.75) is 37.8 Å². The molecule has 3 amide bonds. The summed E-state index contributed by atoms with van der Waals surface area (Å²) in [6.45, 7) is 0.174. The summed E-state index contributed by atoms with van der Waals surface area (Å²) in [6, 6.07) is -1.49.